The van der Waals surface area contributed by atoms with Gasteiger partial charge in [-0.25, -0.2) is 4.39 Å². The SMILES string of the molecule is Nc1ccc(S(=O)CC2CCCCC2)cc1F. The highest BCUT2D eigenvalue weighted by Crippen LogP contribution is 2.26. The van der Waals surface area contributed by atoms with E-state index in [1.54, 1.807) is 6.07 Å². The van der Waals surface area contributed by atoms with Crippen LogP contribution in [0, 0.1) is 11.7 Å². The molecule has 0 saturated heterocycles. The highest BCUT2D eigenvalue weighted by atomic mass is 32.2. The predicted octanol–water partition coefficient (Wildman–Crippen LogP) is 3.10. The Labute approximate surface area is 104 Å². The van der Waals surface area contributed by atoms with Crippen LogP contribution in [0.15, 0.2) is 23.1 Å². The summed E-state index contributed by atoms with van der Waals surface area (Å²) >= 11 is 0. The van der Waals surface area contributed by atoms with E-state index in [1.165, 1.54) is 31.4 Å². The number of rotatable bonds is 3. The van der Waals surface area contributed by atoms with Gasteiger partial charge in [0.15, 0.2) is 0 Å². The van der Waals surface area contributed by atoms with Gasteiger partial charge >= 0.3 is 0 Å². The number of nitrogen functional groups attached to an aromatic ring is 1. The molecule has 1 aliphatic rings. The maximum absolute atomic E-state index is 13.3. The quantitative estimate of drug-likeness (QED) is 0.843. The van der Waals surface area contributed by atoms with Gasteiger partial charge in [0.25, 0.3) is 0 Å². The van der Waals surface area contributed by atoms with Gasteiger partial charge in [0.2, 0.25) is 0 Å². The van der Waals surface area contributed by atoms with E-state index in [1.807, 2.05) is 0 Å². The standard InChI is InChI=1S/C13H18FNOS/c14-12-8-11(6-7-13(12)15)17(16)9-10-4-2-1-3-5-10/h6-8,10H,1-5,9,15H2. The van der Waals surface area contributed by atoms with Gasteiger partial charge in [-0.3, -0.25) is 4.21 Å². The Morgan fingerprint density at radius 3 is 2.65 bits per heavy atom. The number of hydrogen-bond donors (Lipinski definition) is 1. The average molecular weight is 255 g/mol. The van der Waals surface area contributed by atoms with Gasteiger partial charge in [0, 0.05) is 10.6 Å². The van der Waals surface area contributed by atoms with Crippen molar-refractivity contribution in [2.24, 2.45) is 5.92 Å². The van der Waals surface area contributed by atoms with Crippen molar-refractivity contribution < 1.29 is 8.60 Å². The van der Waals surface area contributed by atoms with Crippen molar-refractivity contribution in [1.29, 1.82) is 0 Å². The number of benzene rings is 1. The first-order chi connectivity index (χ1) is 8.16. The highest BCUT2D eigenvalue weighted by Gasteiger charge is 2.17. The molecule has 0 amide bonds. The molecule has 2 N–H and O–H groups in total. The van der Waals surface area contributed by atoms with Crippen LogP contribution in [0.5, 0.6) is 0 Å². The molecule has 0 bridgehead atoms. The fraction of sp³-hybridized carbons (Fsp3) is 0.538. The number of hydrogen-bond acceptors (Lipinski definition) is 2. The Kier molecular flexibility index (Phi) is 4.15. The fourth-order valence-electron chi connectivity index (χ4n) is 2.31. The zero-order valence-electron chi connectivity index (χ0n) is 9.82. The van der Waals surface area contributed by atoms with Crippen LogP contribution in [0.1, 0.15) is 32.1 Å². The first-order valence-corrected chi connectivity index (χ1v) is 7.42. The van der Waals surface area contributed by atoms with E-state index >= 15 is 0 Å². The zero-order chi connectivity index (χ0) is 12.3. The molecule has 0 spiro atoms. The second-order valence-corrected chi connectivity index (χ2v) is 6.20. The topological polar surface area (TPSA) is 43.1 Å². The minimum absolute atomic E-state index is 0.114. The van der Waals surface area contributed by atoms with Crippen molar-refractivity contribution in [1.82, 2.24) is 0 Å². The molecule has 0 radical (unpaired) electrons. The Bertz CT molecular complexity index is 416. The van der Waals surface area contributed by atoms with Crippen molar-refractivity contribution >= 4 is 16.5 Å². The van der Waals surface area contributed by atoms with Crippen LogP contribution >= 0.6 is 0 Å². The van der Waals surface area contributed by atoms with E-state index < -0.39 is 16.6 Å². The molecular formula is C13H18FNOS. The summed E-state index contributed by atoms with van der Waals surface area (Å²) in [6, 6.07) is 4.45. The Balaban J connectivity index is 2.01. The lowest BCUT2D eigenvalue weighted by atomic mass is 9.91. The number of nitrogens with two attached hydrogens (primary N) is 1. The molecule has 0 aliphatic heterocycles. The third-order valence-corrected chi connectivity index (χ3v) is 4.90. The first kappa shape index (κ1) is 12.6. The molecule has 4 heteroatoms. The zero-order valence-corrected chi connectivity index (χ0v) is 10.6. The van der Waals surface area contributed by atoms with Gasteiger partial charge < -0.3 is 5.73 Å². The van der Waals surface area contributed by atoms with Crippen LogP contribution in [0.2, 0.25) is 0 Å². The van der Waals surface area contributed by atoms with Gasteiger partial charge in [-0.05, 0) is 37.0 Å². The van der Waals surface area contributed by atoms with Crippen LogP contribution in [-0.2, 0) is 10.8 Å². The van der Waals surface area contributed by atoms with Gasteiger partial charge in [-0.15, -0.1) is 0 Å². The molecule has 1 unspecified atom stereocenters. The summed E-state index contributed by atoms with van der Waals surface area (Å²) < 4.78 is 25.3. The molecule has 1 aromatic rings. The van der Waals surface area contributed by atoms with Gasteiger partial charge in [0.1, 0.15) is 5.82 Å². The molecule has 2 nitrogen and oxygen atoms in total. The van der Waals surface area contributed by atoms with Crippen LogP contribution in [0.4, 0.5) is 10.1 Å². The summed E-state index contributed by atoms with van der Waals surface area (Å²) in [6.07, 6.45) is 6.07. The normalized spacial score (nSPS) is 19.1. The summed E-state index contributed by atoms with van der Waals surface area (Å²) in [5.74, 6) is 0.716. The molecule has 17 heavy (non-hydrogen) atoms. The summed E-state index contributed by atoms with van der Waals surface area (Å²) in [5, 5.41) is 0. The van der Waals surface area contributed by atoms with Gasteiger partial charge in [-0.1, -0.05) is 19.3 Å². The van der Waals surface area contributed by atoms with Crippen LogP contribution < -0.4 is 5.73 Å². The lowest BCUT2D eigenvalue weighted by Gasteiger charge is -2.20. The van der Waals surface area contributed by atoms with E-state index in [2.05, 4.69) is 0 Å². The lowest BCUT2D eigenvalue weighted by molar-refractivity contribution is 0.388. The lowest BCUT2D eigenvalue weighted by Crippen LogP contribution is -2.14. The molecule has 0 aromatic heterocycles. The van der Waals surface area contributed by atoms with E-state index in [0.717, 1.165) is 12.8 Å². The fourth-order valence-corrected chi connectivity index (χ4v) is 3.72. The van der Waals surface area contributed by atoms with E-state index in [9.17, 15) is 8.60 Å². The predicted molar refractivity (Wildman–Crippen MR) is 68.7 cm³/mol. The molecular weight excluding hydrogens is 237 g/mol. The highest BCUT2D eigenvalue weighted by molar-refractivity contribution is 7.85. The van der Waals surface area contributed by atoms with Crippen LogP contribution in [0.3, 0.4) is 0 Å². The van der Waals surface area contributed by atoms with Crippen molar-refractivity contribution in [3.63, 3.8) is 0 Å². The maximum atomic E-state index is 13.3. The van der Waals surface area contributed by atoms with E-state index in [4.69, 9.17) is 5.73 Å². The van der Waals surface area contributed by atoms with Crippen LogP contribution in [0.25, 0.3) is 0 Å². The van der Waals surface area contributed by atoms with Crippen molar-refractivity contribution in [2.75, 3.05) is 11.5 Å². The Morgan fingerprint density at radius 2 is 2.00 bits per heavy atom. The molecule has 1 fully saturated rings. The van der Waals surface area contributed by atoms with Crippen molar-refractivity contribution in [2.45, 2.75) is 37.0 Å². The van der Waals surface area contributed by atoms with Crippen molar-refractivity contribution in [3.05, 3.63) is 24.0 Å². The Morgan fingerprint density at radius 1 is 1.29 bits per heavy atom. The molecule has 0 heterocycles. The average Bonchev–Trinajstić information content (AvgIpc) is 2.34. The number of halogens is 1. The summed E-state index contributed by atoms with van der Waals surface area (Å²) in [6.45, 7) is 0. The second kappa shape index (κ2) is 5.63. The number of anilines is 1. The minimum atomic E-state index is -1.10. The van der Waals surface area contributed by atoms with E-state index in [0.29, 0.717) is 16.6 Å². The van der Waals surface area contributed by atoms with Gasteiger partial charge in [-0.2, -0.15) is 0 Å². The largest absolute Gasteiger partial charge is 0.396 e. The molecule has 94 valence electrons. The van der Waals surface area contributed by atoms with Crippen molar-refractivity contribution in [3.8, 4) is 0 Å². The van der Waals surface area contributed by atoms with Gasteiger partial charge in [0.05, 0.1) is 16.5 Å². The molecule has 1 atom stereocenters. The molecule has 1 aromatic carbocycles. The smallest absolute Gasteiger partial charge is 0.147 e. The molecule has 1 aliphatic carbocycles. The summed E-state index contributed by atoms with van der Waals surface area (Å²) in [5.41, 5.74) is 5.51. The summed E-state index contributed by atoms with van der Waals surface area (Å²) in [4.78, 5) is 0.558. The second-order valence-electron chi connectivity index (χ2n) is 4.70. The minimum Gasteiger partial charge on any atom is -0.396 e. The maximum Gasteiger partial charge on any atom is 0.147 e. The first-order valence-electron chi connectivity index (χ1n) is 6.10. The van der Waals surface area contributed by atoms with E-state index in [-0.39, 0.29) is 5.69 Å². The summed E-state index contributed by atoms with van der Waals surface area (Å²) in [7, 11) is -1.10. The molecule has 1 saturated carbocycles. The third kappa shape index (κ3) is 3.28. The Hall–Kier alpha value is -0.900. The van der Waals surface area contributed by atoms with Crippen LogP contribution in [-0.4, -0.2) is 9.96 Å². The monoisotopic (exact) mass is 255 g/mol. The molecule has 2 rings (SSSR count). The third-order valence-electron chi connectivity index (χ3n) is 3.35.